The van der Waals surface area contributed by atoms with E-state index in [1.165, 1.54) is 6.07 Å². The SMILES string of the molecule is COCC(C)(C)c1cccc(-c2cc(C(=O)O)[nH]n2)c1. The van der Waals surface area contributed by atoms with E-state index < -0.39 is 5.97 Å². The van der Waals surface area contributed by atoms with Crippen LogP contribution in [-0.4, -0.2) is 35.0 Å². The van der Waals surface area contributed by atoms with Crippen molar-refractivity contribution >= 4 is 5.97 Å². The molecule has 0 aliphatic carbocycles. The van der Waals surface area contributed by atoms with Gasteiger partial charge < -0.3 is 9.84 Å². The zero-order valence-electron chi connectivity index (χ0n) is 11.8. The van der Waals surface area contributed by atoms with Gasteiger partial charge in [-0.05, 0) is 17.7 Å². The van der Waals surface area contributed by atoms with Crippen molar-refractivity contribution in [1.82, 2.24) is 10.2 Å². The number of H-pyrrole nitrogens is 1. The van der Waals surface area contributed by atoms with Gasteiger partial charge in [0, 0.05) is 18.1 Å². The maximum Gasteiger partial charge on any atom is 0.353 e. The third-order valence-corrected chi connectivity index (χ3v) is 3.25. The summed E-state index contributed by atoms with van der Waals surface area (Å²) in [6, 6.07) is 9.43. The number of nitrogens with one attached hydrogen (secondary N) is 1. The van der Waals surface area contributed by atoms with Crippen molar-refractivity contribution in [3.05, 3.63) is 41.6 Å². The second kappa shape index (κ2) is 5.46. The Bertz CT molecular complexity index is 617. The zero-order valence-corrected chi connectivity index (χ0v) is 11.8. The Morgan fingerprint density at radius 1 is 1.40 bits per heavy atom. The number of carbonyl (C=O) groups is 1. The summed E-state index contributed by atoms with van der Waals surface area (Å²) in [5, 5.41) is 15.5. The molecule has 1 heterocycles. The van der Waals surface area contributed by atoms with E-state index in [2.05, 4.69) is 24.0 Å². The molecule has 0 bridgehead atoms. The molecule has 0 fully saturated rings. The second-order valence-corrected chi connectivity index (χ2v) is 5.37. The summed E-state index contributed by atoms with van der Waals surface area (Å²) in [6.45, 7) is 4.81. The van der Waals surface area contributed by atoms with Crippen molar-refractivity contribution < 1.29 is 14.6 Å². The molecular weight excluding hydrogens is 256 g/mol. The lowest BCUT2D eigenvalue weighted by Gasteiger charge is -2.24. The van der Waals surface area contributed by atoms with Crippen LogP contribution in [0.15, 0.2) is 30.3 Å². The summed E-state index contributed by atoms with van der Waals surface area (Å²) in [5.41, 5.74) is 2.60. The first-order valence-corrected chi connectivity index (χ1v) is 6.32. The van der Waals surface area contributed by atoms with E-state index in [0.29, 0.717) is 12.3 Å². The smallest absolute Gasteiger partial charge is 0.353 e. The normalized spacial score (nSPS) is 11.6. The molecule has 0 spiro atoms. The summed E-state index contributed by atoms with van der Waals surface area (Å²) >= 11 is 0. The molecule has 0 unspecified atom stereocenters. The molecule has 2 N–H and O–H groups in total. The lowest BCUT2D eigenvalue weighted by atomic mass is 9.84. The monoisotopic (exact) mass is 274 g/mol. The summed E-state index contributed by atoms with van der Waals surface area (Å²) in [6.07, 6.45) is 0. The molecular formula is C15H18N2O3. The molecule has 0 saturated heterocycles. The Hall–Kier alpha value is -2.14. The van der Waals surface area contributed by atoms with Gasteiger partial charge in [-0.1, -0.05) is 32.0 Å². The fourth-order valence-corrected chi connectivity index (χ4v) is 2.12. The minimum Gasteiger partial charge on any atom is -0.477 e. The predicted molar refractivity (Wildman–Crippen MR) is 75.9 cm³/mol. The number of aromatic nitrogens is 2. The maximum atomic E-state index is 10.9. The Balaban J connectivity index is 2.36. The Kier molecular flexibility index (Phi) is 3.90. The van der Waals surface area contributed by atoms with Crippen molar-refractivity contribution in [2.45, 2.75) is 19.3 Å². The highest BCUT2D eigenvalue weighted by Gasteiger charge is 2.21. The number of methoxy groups -OCH3 is 1. The van der Waals surface area contributed by atoms with Crippen LogP contribution in [0, 0.1) is 0 Å². The number of rotatable bonds is 5. The van der Waals surface area contributed by atoms with Gasteiger partial charge in [0.15, 0.2) is 0 Å². The molecule has 0 aliphatic heterocycles. The summed E-state index contributed by atoms with van der Waals surface area (Å²) in [7, 11) is 1.68. The maximum absolute atomic E-state index is 10.9. The molecule has 0 atom stereocenters. The quantitative estimate of drug-likeness (QED) is 0.879. The van der Waals surface area contributed by atoms with E-state index in [0.717, 1.165) is 11.1 Å². The van der Waals surface area contributed by atoms with E-state index in [4.69, 9.17) is 9.84 Å². The van der Waals surface area contributed by atoms with E-state index in [-0.39, 0.29) is 11.1 Å². The molecule has 0 amide bonds. The molecule has 2 rings (SSSR count). The molecule has 5 heteroatoms. The topological polar surface area (TPSA) is 75.2 Å². The highest BCUT2D eigenvalue weighted by molar-refractivity contribution is 5.86. The van der Waals surface area contributed by atoms with Crippen LogP contribution in [0.1, 0.15) is 29.9 Å². The minimum atomic E-state index is -1.01. The number of nitrogens with zero attached hydrogens (tertiary/aromatic N) is 1. The van der Waals surface area contributed by atoms with Crippen LogP contribution in [-0.2, 0) is 10.2 Å². The minimum absolute atomic E-state index is 0.0848. The Morgan fingerprint density at radius 2 is 2.15 bits per heavy atom. The molecule has 0 aliphatic rings. The van der Waals surface area contributed by atoms with Gasteiger partial charge in [-0.15, -0.1) is 0 Å². The van der Waals surface area contributed by atoms with Crippen LogP contribution < -0.4 is 0 Å². The summed E-state index contributed by atoms with van der Waals surface area (Å²) < 4.78 is 5.24. The number of aromatic carboxylic acids is 1. The number of carboxylic acids is 1. The summed E-state index contributed by atoms with van der Waals surface area (Å²) in [5.74, 6) is -1.01. The highest BCUT2D eigenvalue weighted by Crippen LogP contribution is 2.27. The lowest BCUT2D eigenvalue weighted by molar-refractivity contribution is 0.0690. The molecule has 1 aromatic heterocycles. The van der Waals surface area contributed by atoms with Gasteiger partial charge in [-0.25, -0.2) is 4.79 Å². The van der Waals surface area contributed by atoms with Crippen molar-refractivity contribution in [2.24, 2.45) is 0 Å². The number of aromatic amines is 1. The van der Waals surface area contributed by atoms with Crippen LogP contribution in [0.2, 0.25) is 0 Å². The zero-order chi connectivity index (χ0) is 14.8. The first-order chi connectivity index (χ1) is 9.44. The average molecular weight is 274 g/mol. The third kappa shape index (κ3) is 2.88. The van der Waals surface area contributed by atoms with Gasteiger partial charge in [-0.3, -0.25) is 5.10 Å². The highest BCUT2D eigenvalue weighted by atomic mass is 16.5. The van der Waals surface area contributed by atoms with Gasteiger partial charge in [0.05, 0.1) is 12.3 Å². The fourth-order valence-electron chi connectivity index (χ4n) is 2.12. The first kappa shape index (κ1) is 14.3. The number of benzene rings is 1. The number of hydrogen-bond acceptors (Lipinski definition) is 3. The van der Waals surface area contributed by atoms with Crippen LogP contribution in [0.5, 0.6) is 0 Å². The predicted octanol–water partition coefficient (Wildman–Crippen LogP) is 2.70. The number of ether oxygens (including phenoxy) is 1. The van der Waals surface area contributed by atoms with Crippen molar-refractivity contribution in [3.63, 3.8) is 0 Å². The number of hydrogen-bond donors (Lipinski definition) is 2. The standard InChI is InChI=1S/C15H18N2O3/c1-15(2,9-20-3)11-6-4-5-10(7-11)12-8-13(14(18)19)17-16-12/h4-8H,9H2,1-3H3,(H,16,17)(H,18,19). The van der Waals surface area contributed by atoms with Crippen molar-refractivity contribution in [3.8, 4) is 11.3 Å². The number of carboxylic acid groups (broad SMARTS) is 1. The molecule has 2 aromatic rings. The van der Waals surface area contributed by atoms with Crippen LogP contribution in [0.4, 0.5) is 0 Å². The van der Waals surface area contributed by atoms with Gasteiger partial charge >= 0.3 is 5.97 Å². The van der Waals surface area contributed by atoms with E-state index >= 15 is 0 Å². The van der Waals surface area contributed by atoms with E-state index in [1.807, 2.05) is 24.3 Å². The van der Waals surface area contributed by atoms with Crippen LogP contribution >= 0.6 is 0 Å². The Labute approximate surface area is 117 Å². The molecule has 1 aromatic carbocycles. The lowest BCUT2D eigenvalue weighted by Crippen LogP contribution is -2.23. The van der Waals surface area contributed by atoms with Gasteiger partial charge in [0.25, 0.3) is 0 Å². The molecule has 0 saturated carbocycles. The average Bonchev–Trinajstić information content (AvgIpc) is 2.88. The summed E-state index contributed by atoms with van der Waals surface area (Å²) in [4.78, 5) is 10.9. The van der Waals surface area contributed by atoms with Crippen LogP contribution in [0.3, 0.4) is 0 Å². The Morgan fingerprint density at radius 3 is 2.75 bits per heavy atom. The van der Waals surface area contributed by atoms with Crippen molar-refractivity contribution in [1.29, 1.82) is 0 Å². The third-order valence-electron chi connectivity index (χ3n) is 3.25. The van der Waals surface area contributed by atoms with E-state index in [1.54, 1.807) is 7.11 Å². The van der Waals surface area contributed by atoms with Gasteiger partial charge in [0.2, 0.25) is 0 Å². The largest absolute Gasteiger partial charge is 0.477 e. The van der Waals surface area contributed by atoms with Gasteiger partial charge in [-0.2, -0.15) is 5.10 Å². The molecule has 0 radical (unpaired) electrons. The first-order valence-electron chi connectivity index (χ1n) is 6.32. The van der Waals surface area contributed by atoms with Crippen LogP contribution in [0.25, 0.3) is 11.3 Å². The van der Waals surface area contributed by atoms with Crippen molar-refractivity contribution in [2.75, 3.05) is 13.7 Å². The molecule has 106 valence electrons. The molecule has 20 heavy (non-hydrogen) atoms. The van der Waals surface area contributed by atoms with Gasteiger partial charge in [0.1, 0.15) is 5.69 Å². The second-order valence-electron chi connectivity index (χ2n) is 5.37. The molecule has 5 nitrogen and oxygen atoms in total. The van der Waals surface area contributed by atoms with E-state index in [9.17, 15) is 4.79 Å². The fraction of sp³-hybridized carbons (Fsp3) is 0.333.